The first kappa shape index (κ1) is 21.8. The molecule has 0 spiro atoms. The number of halogens is 1. The van der Waals surface area contributed by atoms with E-state index in [1.165, 1.54) is 7.11 Å². The van der Waals surface area contributed by atoms with Crippen LogP contribution in [-0.2, 0) is 11.2 Å². The Bertz CT molecular complexity index is 1120. The molecule has 0 saturated carbocycles. The van der Waals surface area contributed by atoms with Crippen molar-refractivity contribution in [2.75, 3.05) is 27.2 Å². The van der Waals surface area contributed by atoms with Gasteiger partial charge in [-0.15, -0.1) is 0 Å². The largest absolute Gasteiger partial charge is 0.496 e. The second kappa shape index (κ2) is 9.40. The average Bonchev–Trinajstić information content (AvgIpc) is 2.83. The molecule has 32 heavy (non-hydrogen) atoms. The lowest BCUT2D eigenvalue weighted by Gasteiger charge is -2.39. The number of aromatic nitrogens is 1. The van der Waals surface area contributed by atoms with Gasteiger partial charge in [0.2, 0.25) is 5.91 Å². The van der Waals surface area contributed by atoms with Gasteiger partial charge in [-0.25, -0.2) is 0 Å². The van der Waals surface area contributed by atoms with E-state index >= 15 is 0 Å². The van der Waals surface area contributed by atoms with Crippen LogP contribution in [0.5, 0.6) is 5.75 Å². The molecule has 7 heteroatoms. The highest BCUT2D eigenvalue weighted by Crippen LogP contribution is 2.27. The summed E-state index contributed by atoms with van der Waals surface area (Å²) >= 11 is 6.13. The summed E-state index contributed by atoms with van der Waals surface area (Å²) < 4.78 is 5.36. The molecule has 1 aliphatic heterocycles. The van der Waals surface area contributed by atoms with Crippen LogP contribution in [0.1, 0.15) is 15.9 Å². The molecule has 4 rings (SSSR count). The lowest BCUT2D eigenvalue weighted by Crippen LogP contribution is -2.58. The Hall–Kier alpha value is -3.38. The molecule has 0 N–H and O–H groups in total. The monoisotopic (exact) mass is 449 g/mol. The summed E-state index contributed by atoms with van der Waals surface area (Å²) in [5.74, 6) is 0.0965. The van der Waals surface area contributed by atoms with Crippen molar-refractivity contribution < 1.29 is 14.3 Å². The number of methoxy groups -OCH3 is 1. The Kier molecular flexibility index (Phi) is 6.42. The van der Waals surface area contributed by atoms with Gasteiger partial charge in [-0.2, -0.15) is 0 Å². The number of likely N-dealkylation sites (N-methyl/N-ethyl adjacent to an activating group) is 1. The van der Waals surface area contributed by atoms with E-state index in [4.69, 9.17) is 16.3 Å². The Morgan fingerprint density at radius 2 is 1.75 bits per heavy atom. The molecule has 1 fully saturated rings. The fourth-order valence-electron chi connectivity index (χ4n) is 3.96. The zero-order valence-corrected chi connectivity index (χ0v) is 18.7. The third-order valence-corrected chi connectivity index (χ3v) is 6.00. The summed E-state index contributed by atoms with van der Waals surface area (Å²) in [5, 5.41) is 0.442. The maximum absolute atomic E-state index is 13.4. The zero-order chi connectivity index (χ0) is 22.7. The number of rotatable bonds is 5. The highest BCUT2D eigenvalue weighted by molar-refractivity contribution is 6.31. The molecule has 0 aliphatic carbocycles. The topological polar surface area (TPSA) is 62.7 Å². The molecule has 0 unspecified atom stereocenters. The zero-order valence-electron chi connectivity index (χ0n) is 18.0. The normalized spacial score (nSPS) is 16.2. The van der Waals surface area contributed by atoms with E-state index in [2.05, 4.69) is 4.98 Å². The van der Waals surface area contributed by atoms with Crippen LogP contribution in [-0.4, -0.2) is 59.9 Å². The van der Waals surface area contributed by atoms with Gasteiger partial charge in [0.25, 0.3) is 5.91 Å². The summed E-state index contributed by atoms with van der Waals surface area (Å²) in [5.41, 5.74) is 3.48. The summed E-state index contributed by atoms with van der Waals surface area (Å²) in [4.78, 5) is 33.8. The van der Waals surface area contributed by atoms with Crippen LogP contribution >= 0.6 is 11.6 Å². The van der Waals surface area contributed by atoms with Gasteiger partial charge in [0.05, 0.1) is 12.7 Å². The quantitative estimate of drug-likeness (QED) is 0.592. The highest BCUT2D eigenvalue weighted by atomic mass is 35.5. The average molecular weight is 450 g/mol. The molecule has 1 aliphatic rings. The number of benzene rings is 2. The SMILES string of the molecule is COc1ccc(Cl)cc1C(=O)N1CCN(C)C(=O)[C@@H]1Cc1ccc(-c2ccncc2)cc1. The lowest BCUT2D eigenvalue weighted by atomic mass is 9.98. The van der Waals surface area contributed by atoms with Gasteiger partial charge in [-0.05, 0) is 47.0 Å². The molecule has 0 radical (unpaired) electrons. The van der Waals surface area contributed by atoms with Crippen molar-refractivity contribution in [2.45, 2.75) is 12.5 Å². The number of amides is 2. The molecule has 1 aromatic heterocycles. The Morgan fingerprint density at radius 3 is 2.44 bits per heavy atom. The Balaban J connectivity index is 1.60. The molecular formula is C25H24ClN3O3. The van der Waals surface area contributed by atoms with E-state index in [1.54, 1.807) is 47.4 Å². The Morgan fingerprint density at radius 1 is 1.06 bits per heavy atom. The first-order valence-corrected chi connectivity index (χ1v) is 10.7. The summed E-state index contributed by atoms with van der Waals surface area (Å²) in [6.45, 7) is 0.918. The number of hydrogen-bond donors (Lipinski definition) is 0. The van der Waals surface area contributed by atoms with Crippen molar-refractivity contribution in [1.82, 2.24) is 14.8 Å². The van der Waals surface area contributed by atoms with Crippen molar-refractivity contribution in [3.05, 3.63) is 83.1 Å². The molecule has 1 atom stereocenters. The smallest absolute Gasteiger partial charge is 0.258 e. The van der Waals surface area contributed by atoms with Gasteiger partial charge in [-0.1, -0.05) is 35.9 Å². The van der Waals surface area contributed by atoms with Crippen molar-refractivity contribution in [3.63, 3.8) is 0 Å². The van der Waals surface area contributed by atoms with Crippen LogP contribution in [0, 0.1) is 0 Å². The van der Waals surface area contributed by atoms with Gasteiger partial charge in [0.15, 0.2) is 0 Å². The third kappa shape index (κ3) is 4.46. The van der Waals surface area contributed by atoms with E-state index in [1.807, 2.05) is 36.4 Å². The summed E-state index contributed by atoms with van der Waals surface area (Å²) in [6, 6.07) is 16.3. The highest BCUT2D eigenvalue weighted by Gasteiger charge is 2.37. The molecule has 2 amide bonds. The fraction of sp³-hybridized carbons (Fsp3) is 0.240. The minimum Gasteiger partial charge on any atom is -0.496 e. The number of piperazine rings is 1. The lowest BCUT2D eigenvalue weighted by molar-refractivity contribution is -0.138. The maximum Gasteiger partial charge on any atom is 0.258 e. The van der Waals surface area contributed by atoms with E-state index < -0.39 is 6.04 Å². The maximum atomic E-state index is 13.4. The second-order valence-corrected chi connectivity index (χ2v) is 8.19. The molecule has 2 aromatic carbocycles. The number of nitrogens with zero attached hydrogens (tertiary/aromatic N) is 3. The molecule has 2 heterocycles. The summed E-state index contributed by atoms with van der Waals surface area (Å²) in [6.07, 6.45) is 3.94. The summed E-state index contributed by atoms with van der Waals surface area (Å²) in [7, 11) is 3.28. The van der Waals surface area contributed by atoms with Crippen molar-refractivity contribution in [2.24, 2.45) is 0 Å². The van der Waals surface area contributed by atoms with E-state index in [0.29, 0.717) is 35.8 Å². The van der Waals surface area contributed by atoms with Gasteiger partial charge in [-0.3, -0.25) is 14.6 Å². The van der Waals surface area contributed by atoms with Crippen molar-refractivity contribution >= 4 is 23.4 Å². The first-order chi connectivity index (χ1) is 15.5. The number of ether oxygens (including phenoxy) is 1. The second-order valence-electron chi connectivity index (χ2n) is 7.76. The molecule has 3 aromatic rings. The van der Waals surface area contributed by atoms with Gasteiger partial charge in [0.1, 0.15) is 11.8 Å². The van der Waals surface area contributed by atoms with Crippen LogP contribution in [0.4, 0.5) is 0 Å². The molecule has 0 bridgehead atoms. The van der Waals surface area contributed by atoms with Gasteiger partial charge < -0.3 is 14.5 Å². The molecule has 1 saturated heterocycles. The van der Waals surface area contributed by atoms with Crippen molar-refractivity contribution in [1.29, 1.82) is 0 Å². The molecule has 164 valence electrons. The van der Waals surface area contributed by atoms with Crippen LogP contribution in [0.15, 0.2) is 67.0 Å². The predicted octanol–water partition coefficient (Wildman–Crippen LogP) is 3.94. The van der Waals surface area contributed by atoms with Crippen molar-refractivity contribution in [3.8, 4) is 16.9 Å². The third-order valence-electron chi connectivity index (χ3n) is 5.76. The van der Waals surface area contributed by atoms with Crippen LogP contribution in [0.25, 0.3) is 11.1 Å². The van der Waals surface area contributed by atoms with Gasteiger partial charge in [0, 0.05) is 44.0 Å². The minimum atomic E-state index is -0.600. The first-order valence-electron chi connectivity index (χ1n) is 10.4. The molecular weight excluding hydrogens is 426 g/mol. The van der Waals surface area contributed by atoms with Crippen LogP contribution in [0.2, 0.25) is 5.02 Å². The van der Waals surface area contributed by atoms with Crippen LogP contribution in [0.3, 0.4) is 0 Å². The Labute approximate surface area is 192 Å². The van der Waals surface area contributed by atoms with E-state index in [0.717, 1.165) is 16.7 Å². The number of hydrogen-bond acceptors (Lipinski definition) is 4. The van der Waals surface area contributed by atoms with Gasteiger partial charge >= 0.3 is 0 Å². The fourth-order valence-corrected chi connectivity index (χ4v) is 4.13. The molecule has 6 nitrogen and oxygen atoms in total. The number of carbonyl (C=O) groups excluding carboxylic acids is 2. The van der Waals surface area contributed by atoms with Crippen LogP contribution < -0.4 is 4.74 Å². The van der Waals surface area contributed by atoms with E-state index in [9.17, 15) is 9.59 Å². The standard InChI is InChI=1S/C25H24ClN3O3/c1-28-13-14-29(24(30)21-16-20(26)7-8-23(21)32-2)22(25(28)31)15-17-3-5-18(6-4-17)19-9-11-27-12-10-19/h3-12,16,22H,13-15H2,1-2H3/t22-/m0/s1. The minimum absolute atomic E-state index is 0.0798. The number of pyridine rings is 1. The number of carbonyl (C=O) groups is 2. The predicted molar refractivity (Wildman–Crippen MR) is 124 cm³/mol. The van der Waals surface area contributed by atoms with E-state index in [-0.39, 0.29) is 11.8 Å².